The number of halogens is 4. The van der Waals surface area contributed by atoms with E-state index >= 15 is 0 Å². The number of rotatable bonds is 7. The summed E-state index contributed by atoms with van der Waals surface area (Å²) in [5, 5.41) is 17.9. The Bertz CT molecular complexity index is 1500. The van der Waals surface area contributed by atoms with Gasteiger partial charge in [0, 0.05) is 36.3 Å². The smallest absolute Gasteiger partial charge is 0.255 e. The maximum absolute atomic E-state index is 13.7. The summed E-state index contributed by atoms with van der Waals surface area (Å²) < 4.78 is 67.8. The van der Waals surface area contributed by atoms with Gasteiger partial charge in [0.25, 0.3) is 5.91 Å². The highest BCUT2D eigenvalue weighted by Crippen LogP contribution is 2.52. The van der Waals surface area contributed by atoms with Crippen molar-refractivity contribution in [2.45, 2.75) is 60.3 Å². The van der Waals surface area contributed by atoms with E-state index in [1.807, 2.05) is 0 Å². The number of fused-ring (bicyclic) bond motifs is 2. The van der Waals surface area contributed by atoms with Gasteiger partial charge in [-0.25, -0.2) is 21.6 Å². The molecule has 3 fully saturated rings. The van der Waals surface area contributed by atoms with E-state index < -0.39 is 67.8 Å². The molecule has 3 amide bonds. The van der Waals surface area contributed by atoms with Crippen molar-refractivity contribution in [2.75, 3.05) is 11.9 Å². The zero-order chi connectivity index (χ0) is 29.7. The highest BCUT2D eigenvalue weighted by Gasteiger charge is 2.56. The second-order valence-electron chi connectivity index (χ2n) is 10.8. The predicted molar refractivity (Wildman–Crippen MR) is 141 cm³/mol. The monoisotopic (exact) mass is 613 g/mol. The van der Waals surface area contributed by atoms with Gasteiger partial charge in [0.15, 0.2) is 27.3 Å². The van der Waals surface area contributed by atoms with Gasteiger partial charge >= 0.3 is 0 Å². The lowest BCUT2D eigenvalue weighted by molar-refractivity contribution is -0.128. The summed E-state index contributed by atoms with van der Waals surface area (Å²) >= 11 is 6.25. The summed E-state index contributed by atoms with van der Waals surface area (Å²) in [6.07, 6.45) is 1.95. The zero-order valence-electron chi connectivity index (χ0n) is 21.6. The Morgan fingerprint density at radius 1 is 1.05 bits per heavy atom. The van der Waals surface area contributed by atoms with Crippen LogP contribution in [0.2, 0.25) is 5.02 Å². The number of amides is 3. The lowest BCUT2D eigenvalue weighted by Crippen LogP contribution is -2.56. The van der Waals surface area contributed by atoms with Gasteiger partial charge in [0.1, 0.15) is 6.04 Å². The Morgan fingerprint density at radius 2 is 1.68 bits per heavy atom. The first kappa shape index (κ1) is 29.3. The normalized spacial score (nSPS) is 27.4. The number of aliphatic hydroxyl groups is 1. The van der Waals surface area contributed by atoms with Crippen molar-refractivity contribution in [3.63, 3.8) is 0 Å². The Labute approximate surface area is 238 Å². The summed E-state index contributed by atoms with van der Waals surface area (Å²) in [5.41, 5.74) is -1.83. The average Bonchev–Trinajstić information content (AvgIpc) is 3.38. The summed E-state index contributed by atoms with van der Waals surface area (Å²) in [4.78, 5) is 36.3. The zero-order valence-corrected chi connectivity index (χ0v) is 23.1. The highest BCUT2D eigenvalue weighted by atomic mass is 35.5. The first-order valence-electron chi connectivity index (χ1n) is 13.1. The Hall–Kier alpha value is -3.16. The van der Waals surface area contributed by atoms with Crippen molar-refractivity contribution in [1.29, 1.82) is 0 Å². The number of sulfone groups is 1. The summed E-state index contributed by atoms with van der Waals surface area (Å²) in [6, 6.07) is 4.06. The number of carbonyl (C=O) groups excluding carboxylic acids is 3. The second-order valence-corrected chi connectivity index (χ2v) is 13.4. The molecule has 4 N–H and O–H groups in total. The van der Waals surface area contributed by atoms with Crippen molar-refractivity contribution in [1.82, 2.24) is 10.6 Å². The third-order valence-corrected chi connectivity index (χ3v) is 11.1. The largest absolute Gasteiger partial charge is 0.387 e. The molecule has 0 aromatic heterocycles. The van der Waals surface area contributed by atoms with E-state index in [0.717, 1.165) is 6.07 Å². The molecule has 0 radical (unpaired) electrons. The minimum absolute atomic E-state index is 0.0682. The van der Waals surface area contributed by atoms with E-state index in [-0.39, 0.29) is 52.9 Å². The van der Waals surface area contributed by atoms with Crippen LogP contribution in [0.4, 0.5) is 18.9 Å². The molecule has 220 valence electrons. The van der Waals surface area contributed by atoms with Crippen molar-refractivity contribution in [3.05, 3.63) is 58.4 Å². The average molecular weight is 614 g/mol. The molecule has 1 aliphatic heterocycles. The number of hydrogen-bond acceptors (Lipinski definition) is 6. The van der Waals surface area contributed by atoms with E-state index in [9.17, 15) is 41.1 Å². The predicted octanol–water partition coefficient (Wildman–Crippen LogP) is 3.10. The SMILES string of the molecule is O=C1CC[C@H](C(=O)NC[C@]2(O)C3CCC2C[C@@H](S(=O)(=O)c2cc(C(=O)Nc4cc(F)c(F)c(F)c4)ccc2Cl)C3)N1. The van der Waals surface area contributed by atoms with Crippen molar-refractivity contribution in [3.8, 4) is 0 Å². The molecule has 2 aliphatic carbocycles. The first-order chi connectivity index (χ1) is 19.3. The maximum atomic E-state index is 13.7. The Balaban J connectivity index is 1.30. The number of anilines is 1. The number of benzene rings is 2. The second kappa shape index (κ2) is 10.9. The lowest BCUT2D eigenvalue weighted by Gasteiger charge is -2.42. The van der Waals surface area contributed by atoms with Gasteiger partial charge in [-0.2, -0.15) is 0 Å². The van der Waals surface area contributed by atoms with Gasteiger partial charge in [-0.1, -0.05) is 11.6 Å². The molecule has 2 aromatic carbocycles. The molecule has 41 heavy (non-hydrogen) atoms. The highest BCUT2D eigenvalue weighted by molar-refractivity contribution is 7.92. The van der Waals surface area contributed by atoms with Crippen molar-refractivity contribution < 1.29 is 41.1 Å². The van der Waals surface area contributed by atoms with E-state index in [2.05, 4.69) is 16.0 Å². The maximum Gasteiger partial charge on any atom is 0.255 e. The number of hydrogen-bond donors (Lipinski definition) is 4. The molecule has 0 spiro atoms. The van der Waals surface area contributed by atoms with E-state index in [1.165, 1.54) is 12.1 Å². The molecular weight excluding hydrogens is 587 g/mol. The summed E-state index contributed by atoms with van der Waals surface area (Å²) in [5.74, 6) is -7.05. The molecule has 9 nitrogen and oxygen atoms in total. The van der Waals surface area contributed by atoms with Crippen LogP contribution in [0.5, 0.6) is 0 Å². The van der Waals surface area contributed by atoms with Gasteiger partial charge in [0.2, 0.25) is 11.8 Å². The molecule has 3 atom stereocenters. The van der Waals surface area contributed by atoms with Crippen LogP contribution in [0.1, 0.15) is 48.9 Å². The van der Waals surface area contributed by atoms with Crippen LogP contribution >= 0.6 is 11.6 Å². The van der Waals surface area contributed by atoms with Crippen LogP contribution < -0.4 is 16.0 Å². The first-order valence-corrected chi connectivity index (χ1v) is 15.0. The Morgan fingerprint density at radius 3 is 2.27 bits per heavy atom. The van der Waals surface area contributed by atoms with Gasteiger partial charge in [-0.3, -0.25) is 14.4 Å². The third-order valence-electron chi connectivity index (χ3n) is 8.41. The van der Waals surface area contributed by atoms with Crippen LogP contribution in [-0.4, -0.2) is 54.7 Å². The molecule has 14 heteroatoms. The molecular formula is C27H27ClF3N3O6S. The molecule has 5 rings (SSSR count). The van der Waals surface area contributed by atoms with Crippen molar-refractivity contribution >= 4 is 44.8 Å². The molecule has 1 heterocycles. The third kappa shape index (κ3) is 5.54. The fourth-order valence-corrected chi connectivity index (χ4v) is 8.59. The number of carbonyl (C=O) groups is 3. The van der Waals surface area contributed by atoms with Crippen LogP contribution in [-0.2, 0) is 19.4 Å². The summed E-state index contributed by atoms with van der Waals surface area (Å²) in [6.45, 7) is -0.0682. The van der Waals surface area contributed by atoms with Crippen LogP contribution in [0, 0.1) is 29.3 Å². The minimum atomic E-state index is -4.09. The van der Waals surface area contributed by atoms with Crippen LogP contribution in [0.3, 0.4) is 0 Å². The fourth-order valence-electron chi connectivity index (χ4n) is 6.19. The molecule has 3 aliphatic rings. The van der Waals surface area contributed by atoms with Gasteiger partial charge < -0.3 is 21.1 Å². The van der Waals surface area contributed by atoms with Crippen LogP contribution in [0.15, 0.2) is 35.2 Å². The quantitative estimate of drug-likeness (QED) is 0.354. The van der Waals surface area contributed by atoms with E-state index in [4.69, 9.17) is 11.6 Å². The molecule has 2 aromatic rings. The lowest BCUT2D eigenvalue weighted by atomic mass is 9.74. The molecule has 1 saturated heterocycles. The Kier molecular flexibility index (Phi) is 7.81. The van der Waals surface area contributed by atoms with Crippen LogP contribution in [0.25, 0.3) is 0 Å². The fraction of sp³-hybridized carbons (Fsp3) is 0.444. The van der Waals surface area contributed by atoms with Crippen molar-refractivity contribution in [2.24, 2.45) is 11.8 Å². The topological polar surface area (TPSA) is 142 Å². The van der Waals surface area contributed by atoms with Gasteiger partial charge in [-0.05, 0) is 62.1 Å². The minimum Gasteiger partial charge on any atom is -0.387 e. The molecule has 2 bridgehead atoms. The van der Waals surface area contributed by atoms with Gasteiger partial charge in [-0.15, -0.1) is 0 Å². The number of nitrogens with one attached hydrogen (secondary N) is 3. The summed E-state index contributed by atoms with van der Waals surface area (Å²) in [7, 11) is -4.09. The van der Waals surface area contributed by atoms with Gasteiger partial charge in [0.05, 0.1) is 20.8 Å². The van der Waals surface area contributed by atoms with E-state index in [1.54, 1.807) is 0 Å². The molecule has 2 saturated carbocycles. The van der Waals surface area contributed by atoms with E-state index in [0.29, 0.717) is 31.4 Å². The standard InChI is InChI=1S/C27H27ClF3N3O6S/c28-18-4-1-13(25(36)33-16-10-19(29)24(31)20(30)11-16)7-22(18)41(39,40)17-8-14-2-3-15(9-17)27(14,38)12-32-26(37)21-5-6-23(35)34-21/h1,4,7,10-11,14-15,17,21,38H,2-3,5-6,8-9,12H2,(H,32,37)(H,33,36)(H,34,35)/t14?,15?,17-,21-,27-/m1/s1. The molecule has 2 unspecified atom stereocenters.